The molecule has 31 heavy (non-hydrogen) atoms. The van der Waals surface area contributed by atoms with E-state index in [1.807, 2.05) is 18.2 Å². The maximum absolute atomic E-state index is 14.3. The maximum atomic E-state index is 14.3. The second kappa shape index (κ2) is 9.50. The van der Waals surface area contributed by atoms with Gasteiger partial charge in [0, 0.05) is 37.6 Å². The second-order valence-electron chi connectivity index (χ2n) is 8.61. The van der Waals surface area contributed by atoms with Gasteiger partial charge in [-0.25, -0.2) is 4.39 Å². The van der Waals surface area contributed by atoms with Crippen molar-refractivity contribution in [2.45, 2.75) is 39.0 Å². The third kappa shape index (κ3) is 4.89. The van der Waals surface area contributed by atoms with Gasteiger partial charge in [-0.15, -0.1) is 0 Å². The lowest BCUT2D eigenvalue weighted by Crippen LogP contribution is -2.44. The molecular formula is C25H30FN3O2. The van der Waals surface area contributed by atoms with Crippen LogP contribution in [-0.4, -0.2) is 42.9 Å². The number of halogens is 1. The Hall–Kier alpha value is -2.89. The Labute approximate surface area is 183 Å². The lowest BCUT2D eigenvalue weighted by Gasteiger charge is -2.32. The first-order valence-electron chi connectivity index (χ1n) is 11.2. The van der Waals surface area contributed by atoms with Gasteiger partial charge >= 0.3 is 0 Å². The molecule has 5 nitrogen and oxygen atoms in total. The van der Waals surface area contributed by atoms with Gasteiger partial charge in [0.25, 0.3) is 5.91 Å². The van der Waals surface area contributed by atoms with E-state index in [1.54, 1.807) is 24.0 Å². The molecule has 0 radical (unpaired) electrons. The van der Waals surface area contributed by atoms with Gasteiger partial charge in [-0.1, -0.05) is 18.2 Å². The molecule has 2 saturated heterocycles. The normalized spacial score (nSPS) is 19.2. The SMILES string of the molecule is Cc1cccc(F)c1C(=O)N1CCC[C@H](C(=O)Nc2cccc(N3CCCCC3)c2)C1. The summed E-state index contributed by atoms with van der Waals surface area (Å²) >= 11 is 0. The topological polar surface area (TPSA) is 52.7 Å². The van der Waals surface area contributed by atoms with Crippen LogP contribution < -0.4 is 10.2 Å². The minimum Gasteiger partial charge on any atom is -0.371 e. The Kier molecular flexibility index (Phi) is 6.54. The minimum absolute atomic E-state index is 0.0847. The van der Waals surface area contributed by atoms with Crippen molar-refractivity contribution >= 4 is 23.2 Å². The van der Waals surface area contributed by atoms with Crippen molar-refractivity contribution in [1.82, 2.24) is 4.90 Å². The van der Waals surface area contributed by atoms with E-state index in [0.717, 1.165) is 37.3 Å². The number of amides is 2. The van der Waals surface area contributed by atoms with Crippen LogP contribution in [0.2, 0.25) is 0 Å². The number of hydrogen-bond acceptors (Lipinski definition) is 3. The Morgan fingerprint density at radius 3 is 2.55 bits per heavy atom. The maximum Gasteiger partial charge on any atom is 0.257 e. The summed E-state index contributed by atoms with van der Waals surface area (Å²) in [5.74, 6) is -1.23. The van der Waals surface area contributed by atoms with Crippen molar-refractivity contribution in [1.29, 1.82) is 0 Å². The summed E-state index contributed by atoms with van der Waals surface area (Å²) in [6.45, 7) is 4.68. The molecule has 0 aliphatic carbocycles. The number of rotatable bonds is 4. The molecule has 2 aliphatic rings. The zero-order chi connectivity index (χ0) is 21.8. The number of carbonyl (C=O) groups is 2. The van der Waals surface area contributed by atoms with E-state index in [2.05, 4.69) is 16.3 Å². The van der Waals surface area contributed by atoms with E-state index >= 15 is 0 Å². The molecule has 0 unspecified atom stereocenters. The Morgan fingerprint density at radius 2 is 1.77 bits per heavy atom. The monoisotopic (exact) mass is 423 g/mol. The summed E-state index contributed by atoms with van der Waals surface area (Å²) in [6.07, 6.45) is 5.12. The lowest BCUT2D eigenvalue weighted by atomic mass is 9.95. The first-order chi connectivity index (χ1) is 15.0. The number of piperidine rings is 2. The Bertz CT molecular complexity index is 935. The van der Waals surface area contributed by atoms with E-state index in [0.29, 0.717) is 18.7 Å². The van der Waals surface area contributed by atoms with Crippen molar-refractivity contribution in [3.05, 3.63) is 59.4 Å². The number of nitrogens with one attached hydrogen (secondary N) is 1. The molecule has 6 heteroatoms. The van der Waals surface area contributed by atoms with Crippen molar-refractivity contribution in [2.24, 2.45) is 5.92 Å². The fourth-order valence-corrected chi connectivity index (χ4v) is 4.61. The molecule has 4 rings (SSSR count). The van der Waals surface area contributed by atoms with Gasteiger partial charge in [0.2, 0.25) is 5.91 Å². The third-order valence-corrected chi connectivity index (χ3v) is 6.35. The van der Waals surface area contributed by atoms with Crippen molar-refractivity contribution in [3.63, 3.8) is 0 Å². The van der Waals surface area contributed by atoms with Gasteiger partial charge in [0.05, 0.1) is 11.5 Å². The quantitative estimate of drug-likeness (QED) is 0.781. The van der Waals surface area contributed by atoms with Crippen LogP contribution in [-0.2, 0) is 4.79 Å². The number of hydrogen-bond donors (Lipinski definition) is 1. The summed E-state index contributed by atoms with van der Waals surface area (Å²) < 4.78 is 14.3. The van der Waals surface area contributed by atoms with Gasteiger partial charge in [0.1, 0.15) is 5.82 Å². The number of benzene rings is 2. The van der Waals surface area contributed by atoms with Gasteiger partial charge in [0.15, 0.2) is 0 Å². The summed E-state index contributed by atoms with van der Waals surface area (Å²) in [4.78, 5) is 29.9. The molecule has 2 fully saturated rings. The molecule has 1 N–H and O–H groups in total. The molecule has 0 aromatic heterocycles. The number of aryl methyl sites for hydroxylation is 1. The van der Waals surface area contributed by atoms with E-state index in [9.17, 15) is 14.0 Å². The first kappa shape index (κ1) is 21.3. The molecule has 2 heterocycles. The lowest BCUT2D eigenvalue weighted by molar-refractivity contribution is -0.121. The van der Waals surface area contributed by atoms with Crippen molar-refractivity contribution in [2.75, 3.05) is 36.4 Å². The van der Waals surface area contributed by atoms with E-state index in [1.165, 1.54) is 25.3 Å². The summed E-state index contributed by atoms with van der Waals surface area (Å²) in [5.41, 5.74) is 2.64. The van der Waals surface area contributed by atoms with Crippen LogP contribution in [0.15, 0.2) is 42.5 Å². The first-order valence-corrected chi connectivity index (χ1v) is 11.2. The fraction of sp³-hybridized carbons (Fsp3) is 0.440. The van der Waals surface area contributed by atoms with Gasteiger partial charge < -0.3 is 15.1 Å². The van der Waals surface area contributed by atoms with Gasteiger partial charge in [-0.05, 0) is 68.9 Å². The second-order valence-corrected chi connectivity index (χ2v) is 8.61. The van der Waals surface area contributed by atoms with Crippen LogP contribution in [0, 0.1) is 18.7 Å². The molecule has 2 aromatic rings. The van der Waals surface area contributed by atoms with Crippen LogP contribution in [0.1, 0.15) is 48.0 Å². The highest BCUT2D eigenvalue weighted by atomic mass is 19.1. The molecule has 2 aromatic carbocycles. The number of nitrogens with zero attached hydrogens (tertiary/aromatic N) is 2. The molecule has 2 aliphatic heterocycles. The van der Waals surface area contributed by atoms with Gasteiger partial charge in [-0.3, -0.25) is 9.59 Å². The predicted molar refractivity (Wildman–Crippen MR) is 121 cm³/mol. The molecule has 0 spiro atoms. The zero-order valence-corrected chi connectivity index (χ0v) is 18.1. The molecule has 2 amide bonds. The average Bonchev–Trinajstić information content (AvgIpc) is 2.80. The highest BCUT2D eigenvalue weighted by Gasteiger charge is 2.30. The Balaban J connectivity index is 1.42. The predicted octanol–water partition coefficient (Wildman–Crippen LogP) is 4.62. The summed E-state index contributed by atoms with van der Waals surface area (Å²) in [6, 6.07) is 12.6. The number of likely N-dealkylation sites (tertiary alicyclic amines) is 1. The van der Waals surface area contributed by atoms with Crippen LogP contribution in [0.4, 0.5) is 15.8 Å². The number of carbonyl (C=O) groups excluding carboxylic acids is 2. The van der Waals surface area contributed by atoms with E-state index < -0.39 is 5.82 Å². The smallest absolute Gasteiger partial charge is 0.257 e. The van der Waals surface area contributed by atoms with Crippen molar-refractivity contribution < 1.29 is 14.0 Å². The van der Waals surface area contributed by atoms with Crippen LogP contribution in [0.25, 0.3) is 0 Å². The molecular weight excluding hydrogens is 393 g/mol. The summed E-state index contributed by atoms with van der Waals surface area (Å²) in [5, 5.41) is 3.04. The largest absolute Gasteiger partial charge is 0.371 e. The van der Waals surface area contributed by atoms with Gasteiger partial charge in [-0.2, -0.15) is 0 Å². The number of anilines is 2. The molecule has 1 atom stereocenters. The molecule has 0 bridgehead atoms. The van der Waals surface area contributed by atoms with Crippen molar-refractivity contribution in [3.8, 4) is 0 Å². The molecule has 164 valence electrons. The van der Waals surface area contributed by atoms with E-state index in [4.69, 9.17) is 0 Å². The minimum atomic E-state index is -0.508. The van der Waals surface area contributed by atoms with Crippen LogP contribution in [0.5, 0.6) is 0 Å². The van der Waals surface area contributed by atoms with E-state index in [-0.39, 0.29) is 23.3 Å². The Morgan fingerprint density at radius 1 is 1.00 bits per heavy atom. The average molecular weight is 424 g/mol. The van der Waals surface area contributed by atoms with Crippen LogP contribution in [0.3, 0.4) is 0 Å². The molecule has 0 saturated carbocycles. The zero-order valence-electron chi connectivity index (χ0n) is 18.1. The highest BCUT2D eigenvalue weighted by molar-refractivity contribution is 5.97. The summed E-state index contributed by atoms with van der Waals surface area (Å²) in [7, 11) is 0. The van der Waals surface area contributed by atoms with Crippen LogP contribution >= 0.6 is 0 Å². The highest BCUT2D eigenvalue weighted by Crippen LogP contribution is 2.25. The standard InChI is InChI=1S/C25H30FN3O2/c1-18-8-5-12-22(26)23(18)25(31)29-15-7-9-19(17-29)24(30)27-20-10-6-11-21(16-20)28-13-3-2-4-14-28/h5-6,8,10-12,16,19H,2-4,7,9,13-15,17H2,1H3,(H,27,30)/t19-/m0/s1. The fourth-order valence-electron chi connectivity index (χ4n) is 4.61. The third-order valence-electron chi connectivity index (χ3n) is 6.35.